The Morgan fingerprint density at radius 3 is 2.68 bits per heavy atom. The van der Waals surface area contributed by atoms with E-state index in [1.807, 2.05) is 55.9 Å². The smallest absolute Gasteiger partial charge is 0.331 e. The maximum Gasteiger partial charge on any atom is 0.331 e. The molecule has 0 aliphatic heterocycles. The largest absolute Gasteiger partial charge is 0.486 e. The fraction of sp³-hybridized carbons (Fsp3) is 0.286. The third-order valence-corrected chi connectivity index (χ3v) is 4.55. The molecule has 28 heavy (non-hydrogen) atoms. The van der Waals surface area contributed by atoms with Crippen molar-refractivity contribution in [1.82, 2.24) is 14.3 Å². The van der Waals surface area contributed by atoms with Crippen molar-refractivity contribution in [3.63, 3.8) is 0 Å². The van der Waals surface area contributed by atoms with Crippen molar-refractivity contribution in [1.29, 1.82) is 0 Å². The molecule has 7 nitrogen and oxygen atoms in total. The van der Waals surface area contributed by atoms with Crippen LogP contribution in [0.4, 0.5) is 0 Å². The summed E-state index contributed by atoms with van der Waals surface area (Å²) < 4.78 is 9.23. The summed E-state index contributed by atoms with van der Waals surface area (Å²) >= 11 is 0. The molecule has 2 heterocycles. The molecule has 0 saturated carbocycles. The van der Waals surface area contributed by atoms with Gasteiger partial charge >= 0.3 is 5.97 Å². The molecule has 0 aliphatic rings. The average molecular weight is 381 g/mol. The van der Waals surface area contributed by atoms with E-state index in [1.54, 1.807) is 10.8 Å². The first-order valence-electron chi connectivity index (χ1n) is 9.03. The minimum absolute atomic E-state index is 0.0174. The number of hydrogen-bond acceptors (Lipinski definition) is 4. The third kappa shape index (κ3) is 3.69. The Morgan fingerprint density at radius 1 is 1.29 bits per heavy atom. The lowest BCUT2D eigenvalue weighted by Gasteiger charge is -2.10. The highest BCUT2D eigenvalue weighted by atomic mass is 16.5. The fourth-order valence-corrected chi connectivity index (χ4v) is 3.17. The molecule has 7 heteroatoms. The van der Waals surface area contributed by atoms with Crippen LogP contribution in [0.25, 0.3) is 22.8 Å². The number of carbonyl (C=O) groups excluding carboxylic acids is 1. The van der Waals surface area contributed by atoms with Gasteiger partial charge in [-0.2, -0.15) is 5.10 Å². The van der Waals surface area contributed by atoms with E-state index < -0.39 is 5.97 Å². The molecule has 146 valence electrons. The first-order chi connectivity index (χ1) is 13.3. The monoisotopic (exact) mass is 381 g/mol. The first kappa shape index (κ1) is 19.4. The molecule has 3 rings (SSSR count). The SMILES string of the molecule is CC/C(=C\c1c(C)nn(C)c1-n1ccc2ccc(OCC(C)=O)cc21)C(=O)O. The number of ketones is 1. The molecule has 0 radical (unpaired) electrons. The number of carbonyl (C=O) groups is 2. The predicted molar refractivity (Wildman–Crippen MR) is 107 cm³/mol. The van der Waals surface area contributed by atoms with Crippen molar-refractivity contribution < 1.29 is 19.4 Å². The standard InChI is InChI=1S/C21H23N3O4/c1-5-15(21(26)27)10-18-14(3)22-23(4)20(18)24-9-8-16-6-7-17(11-19(16)24)28-12-13(2)25/h6-11H,5,12H2,1-4H3,(H,26,27)/b15-10+. The molecular formula is C21H23N3O4. The van der Waals surface area contributed by atoms with Gasteiger partial charge in [0.15, 0.2) is 5.78 Å². The number of carboxylic acid groups (broad SMARTS) is 1. The van der Waals surface area contributed by atoms with Crippen molar-refractivity contribution in [3.8, 4) is 11.6 Å². The Bertz CT molecular complexity index is 1090. The summed E-state index contributed by atoms with van der Waals surface area (Å²) in [6.45, 7) is 5.17. The number of benzene rings is 1. The van der Waals surface area contributed by atoms with Crippen LogP contribution >= 0.6 is 0 Å². The van der Waals surface area contributed by atoms with Crippen molar-refractivity contribution in [2.75, 3.05) is 6.61 Å². The fourth-order valence-electron chi connectivity index (χ4n) is 3.17. The lowest BCUT2D eigenvalue weighted by molar-refractivity contribution is -0.132. The number of ether oxygens (including phenoxy) is 1. The van der Waals surface area contributed by atoms with E-state index in [4.69, 9.17) is 4.74 Å². The number of fused-ring (bicyclic) bond motifs is 1. The third-order valence-electron chi connectivity index (χ3n) is 4.55. The van der Waals surface area contributed by atoms with E-state index in [0.717, 1.165) is 28.0 Å². The van der Waals surface area contributed by atoms with E-state index in [-0.39, 0.29) is 12.4 Å². The van der Waals surface area contributed by atoms with Gasteiger partial charge in [-0.15, -0.1) is 0 Å². The summed E-state index contributed by atoms with van der Waals surface area (Å²) in [6.07, 6.45) is 4.01. The van der Waals surface area contributed by atoms with Crippen LogP contribution in [0.15, 0.2) is 36.0 Å². The molecule has 0 saturated heterocycles. The molecule has 0 spiro atoms. The topological polar surface area (TPSA) is 86.4 Å². The second-order valence-electron chi connectivity index (χ2n) is 6.67. The molecule has 1 N–H and O–H groups in total. The molecule has 2 aromatic heterocycles. The van der Waals surface area contributed by atoms with Crippen LogP contribution in [-0.4, -0.2) is 37.8 Å². The van der Waals surface area contributed by atoms with Crippen molar-refractivity contribution in [3.05, 3.63) is 47.3 Å². The van der Waals surface area contributed by atoms with E-state index in [1.165, 1.54) is 6.92 Å². The number of nitrogens with zero attached hydrogens (tertiary/aromatic N) is 3. The number of rotatable bonds is 7. The number of aliphatic carboxylic acids is 1. The van der Waals surface area contributed by atoms with Crippen LogP contribution < -0.4 is 4.74 Å². The van der Waals surface area contributed by atoms with Gasteiger partial charge in [-0.1, -0.05) is 6.92 Å². The molecule has 0 unspecified atom stereocenters. The highest BCUT2D eigenvalue weighted by Crippen LogP contribution is 2.29. The van der Waals surface area contributed by atoms with E-state index in [2.05, 4.69) is 5.10 Å². The predicted octanol–water partition coefficient (Wildman–Crippen LogP) is 3.52. The molecule has 0 fully saturated rings. The van der Waals surface area contributed by atoms with Gasteiger partial charge in [-0.05, 0) is 44.5 Å². The van der Waals surface area contributed by atoms with Gasteiger partial charge in [0, 0.05) is 35.8 Å². The molecule has 0 atom stereocenters. The van der Waals surface area contributed by atoms with Crippen LogP contribution in [0.1, 0.15) is 31.5 Å². The van der Waals surface area contributed by atoms with Crippen molar-refractivity contribution in [2.24, 2.45) is 7.05 Å². The molecule has 0 bridgehead atoms. The lowest BCUT2D eigenvalue weighted by Crippen LogP contribution is -2.07. The summed E-state index contributed by atoms with van der Waals surface area (Å²) in [4.78, 5) is 22.7. The second-order valence-corrected chi connectivity index (χ2v) is 6.67. The average Bonchev–Trinajstić information content (AvgIpc) is 3.16. The van der Waals surface area contributed by atoms with Gasteiger partial charge in [-0.25, -0.2) is 4.79 Å². The number of aromatic nitrogens is 3. The highest BCUT2D eigenvalue weighted by molar-refractivity contribution is 5.93. The van der Waals surface area contributed by atoms with E-state index >= 15 is 0 Å². The molecule has 0 aliphatic carbocycles. The van der Waals surface area contributed by atoms with E-state index in [0.29, 0.717) is 17.7 Å². The Hall–Kier alpha value is -3.35. The number of hydrogen-bond donors (Lipinski definition) is 1. The quantitative estimate of drug-likeness (QED) is 0.633. The van der Waals surface area contributed by atoms with Gasteiger partial charge in [-0.3, -0.25) is 9.48 Å². The van der Waals surface area contributed by atoms with Crippen LogP contribution in [-0.2, 0) is 16.6 Å². The molecule has 1 aromatic carbocycles. The zero-order valence-corrected chi connectivity index (χ0v) is 16.4. The van der Waals surface area contributed by atoms with Crippen LogP contribution in [0.5, 0.6) is 5.75 Å². The summed E-state index contributed by atoms with van der Waals surface area (Å²) in [5.41, 5.74) is 2.70. The van der Waals surface area contributed by atoms with Gasteiger partial charge in [0.05, 0.1) is 11.2 Å². The van der Waals surface area contributed by atoms with Crippen LogP contribution in [0, 0.1) is 6.92 Å². The Morgan fingerprint density at radius 2 is 2.04 bits per heavy atom. The number of Topliss-reactive ketones (excluding diaryl/α,β-unsaturated/α-hetero) is 1. The normalized spacial score (nSPS) is 11.8. The molecule has 0 amide bonds. The minimum atomic E-state index is -0.936. The minimum Gasteiger partial charge on any atom is -0.486 e. The molecular weight excluding hydrogens is 358 g/mol. The lowest BCUT2D eigenvalue weighted by atomic mass is 10.1. The Labute approximate surface area is 162 Å². The second kappa shape index (κ2) is 7.72. The first-order valence-corrected chi connectivity index (χ1v) is 9.03. The van der Waals surface area contributed by atoms with Gasteiger partial charge in [0.1, 0.15) is 18.2 Å². The number of carboxylic acids is 1. The van der Waals surface area contributed by atoms with Crippen LogP contribution in [0.3, 0.4) is 0 Å². The van der Waals surface area contributed by atoms with E-state index in [9.17, 15) is 14.7 Å². The summed E-state index contributed by atoms with van der Waals surface area (Å²) in [6, 6.07) is 7.59. The highest BCUT2D eigenvalue weighted by Gasteiger charge is 2.17. The van der Waals surface area contributed by atoms with Gasteiger partial charge < -0.3 is 14.4 Å². The maximum atomic E-state index is 11.5. The Kier molecular flexibility index (Phi) is 5.35. The summed E-state index contributed by atoms with van der Waals surface area (Å²) in [5, 5.41) is 14.9. The molecule has 3 aromatic rings. The van der Waals surface area contributed by atoms with Gasteiger partial charge in [0.25, 0.3) is 0 Å². The maximum absolute atomic E-state index is 11.5. The summed E-state index contributed by atoms with van der Waals surface area (Å²) in [5.74, 6) is 0.377. The number of aryl methyl sites for hydroxylation is 2. The van der Waals surface area contributed by atoms with Gasteiger partial charge in [0.2, 0.25) is 0 Å². The zero-order valence-electron chi connectivity index (χ0n) is 16.4. The Balaban J connectivity index is 2.16. The van der Waals surface area contributed by atoms with Crippen molar-refractivity contribution >= 4 is 28.7 Å². The van der Waals surface area contributed by atoms with Crippen LogP contribution in [0.2, 0.25) is 0 Å². The summed E-state index contributed by atoms with van der Waals surface area (Å²) in [7, 11) is 1.83. The van der Waals surface area contributed by atoms with Crippen molar-refractivity contribution in [2.45, 2.75) is 27.2 Å². The zero-order chi connectivity index (χ0) is 20.4.